The third kappa shape index (κ3) is 3.11. The van der Waals surface area contributed by atoms with E-state index in [9.17, 15) is 9.59 Å². The molecule has 0 radical (unpaired) electrons. The molecule has 0 saturated heterocycles. The number of hydrogen-bond acceptors (Lipinski definition) is 4. The summed E-state index contributed by atoms with van der Waals surface area (Å²) in [6.07, 6.45) is 3.62. The Morgan fingerprint density at radius 2 is 2.17 bits per heavy atom. The van der Waals surface area contributed by atoms with Crippen molar-refractivity contribution in [1.29, 1.82) is 0 Å². The normalized spacial score (nSPS) is 23.0. The highest BCUT2D eigenvalue weighted by atomic mass is 16.5. The van der Waals surface area contributed by atoms with Crippen LogP contribution < -0.4 is 21.1 Å². The molecule has 3 rings (SSSR count). The first-order valence-electron chi connectivity index (χ1n) is 8.64. The van der Waals surface area contributed by atoms with Gasteiger partial charge in [-0.3, -0.25) is 9.59 Å². The fourth-order valence-corrected chi connectivity index (χ4v) is 3.35. The predicted molar refractivity (Wildman–Crippen MR) is 91.7 cm³/mol. The number of rotatable bonds is 4. The van der Waals surface area contributed by atoms with Crippen LogP contribution in [-0.4, -0.2) is 23.5 Å². The molecule has 1 aliphatic heterocycles. The Morgan fingerprint density at radius 3 is 2.83 bits per heavy atom. The van der Waals surface area contributed by atoms with E-state index >= 15 is 0 Å². The third-order valence-electron chi connectivity index (χ3n) is 4.99. The van der Waals surface area contributed by atoms with Gasteiger partial charge in [0.05, 0.1) is 17.3 Å². The zero-order valence-corrected chi connectivity index (χ0v) is 14.2. The number of nitrogens with one attached hydrogen (secondary N) is 2. The Morgan fingerprint density at radius 1 is 1.46 bits per heavy atom. The molecule has 2 aliphatic rings. The molecule has 1 aliphatic carbocycles. The second-order valence-corrected chi connectivity index (χ2v) is 6.82. The minimum Gasteiger partial charge on any atom is -0.478 e. The Bertz CT molecular complexity index is 653. The predicted octanol–water partition coefficient (Wildman–Crippen LogP) is 2.24. The van der Waals surface area contributed by atoms with Crippen molar-refractivity contribution >= 4 is 17.5 Å². The molecule has 1 heterocycles. The summed E-state index contributed by atoms with van der Waals surface area (Å²) < 4.78 is 5.76. The minimum absolute atomic E-state index is 0.0918. The molecular formula is C18H25N3O3. The number of amides is 2. The van der Waals surface area contributed by atoms with Gasteiger partial charge in [0.2, 0.25) is 5.91 Å². The molecule has 2 unspecified atom stereocenters. The number of fused-ring (bicyclic) bond motifs is 1. The van der Waals surface area contributed by atoms with E-state index in [0.717, 1.165) is 31.2 Å². The highest BCUT2D eigenvalue weighted by Gasteiger charge is 2.37. The van der Waals surface area contributed by atoms with Gasteiger partial charge < -0.3 is 21.1 Å². The number of benzene rings is 1. The maximum Gasteiger partial charge on any atom is 0.265 e. The summed E-state index contributed by atoms with van der Waals surface area (Å²) in [7, 11) is 0. The molecule has 6 heteroatoms. The van der Waals surface area contributed by atoms with E-state index in [-0.39, 0.29) is 17.9 Å². The van der Waals surface area contributed by atoms with Crippen LogP contribution in [-0.2, 0) is 9.59 Å². The minimum atomic E-state index is -0.736. The van der Waals surface area contributed by atoms with Crippen molar-refractivity contribution in [2.24, 2.45) is 5.73 Å². The van der Waals surface area contributed by atoms with Crippen molar-refractivity contribution in [2.75, 3.05) is 5.32 Å². The van der Waals surface area contributed by atoms with Crippen LogP contribution in [0, 0.1) is 0 Å². The Labute approximate surface area is 142 Å². The second kappa shape index (κ2) is 6.43. The molecule has 0 bridgehead atoms. The number of carbonyl (C=O) groups excluding carboxylic acids is 2. The van der Waals surface area contributed by atoms with E-state index in [1.165, 1.54) is 0 Å². The van der Waals surface area contributed by atoms with Crippen LogP contribution in [0.15, 0.2) is 18.2 Å². The van der Waals surface area contributed by atoms with Crippen LogP contribution in [0.5, 0.6) is 5.75 Å². The molecule has 4 N–H and O–H groups in total. The number of hydrogen-bond donors (Lipinski definition) is 3. The van der Waals surface area contributed by atoms with E-state index in [1.807, 2.05) is 32.0 Å². The number of carbonyl (C=O) groups is 2. The molecule has 1 saturated carbocycles. The van der Waals surface area contributed by atoms with Crippen molar-refractivity contribution in [2.45, 2.75) is 63.6 Å². The molecule has 2 atom stereocenters. The first-order valence-corrected chi connectivity index (χ1v) is 8.64. The maximum absolute atomic E-state index is 12.5. The summed E-state index contributed by atoms with van der Waals surface area (Å²) in [6.45, 7) is 3.83. The Kier molecular flexibility index (Phi) is 4.49. The van der Waals surface area contributed by atoms with Crippen molar-refractivity contribution in [3.8, 4) is 5.75 Å². The molecule has 6 nitrogen and oxygen atoms in total. The lowest BCUT2D eigenvalue weighted by Gasteiger charge is -2.28. The fraction of sp³-hybridized carbons (Fsp3) is 0.556. The molecule has 24 heavy (non-hydrogen) atoms. The lowest BCUT2D eigenvalue weighted by Crippen LogP contribution is -2.52. The average molecular weight is 331 g/mol. The monoisotopic (exact) mass is 331 g/mol. The van der Waals surface area contributed by atoms with Gasteiger partial charge in [0, 0.05) is 0 Å². The quantitative estimate of drug-likeness (QED) is 0.789. The van der Waals surface area contributed by atoms with Gasteiger partial charge in [-0.15, -0.1) is 0 Å². The zero-order chi connectivity index (χ0) is 17.3. The van der Waals surface area contributed by atoms with Gasteiger partial charge >= 0.3 is 0 Å². The van der Waals surface area contributed by atoms with E-state index < -0.39 is 11.6 Å². The second-order valence-electron chi connectivity index (χ2n) is 6.82. The van der Waals surface area contributed by atoms with Gasteiger partial charge in [0.1, 0.15) is 5.75 Å². The van der Waals surface area contributed by atoms with Crippen LogP contribution in [0.3, 0.4) is 0 Å². The molecule has 130 valence electrons. The van der Waals surface area contributed by atoms with Crippen molar-refractivity contribution in [3.63, 3.8) is 0 Å². The molecular weight excluding hydrogens is 306 g/mol. The van der Waals surface area contributed by atoms with E-state index in [0.29, 0.717) is 17.9 Å². The van der Waals surface area contributed by atoms with Gasteiger partial charge in [-0.25, -0.2) is 0 Å². The van der Waals surface area contributed by atoms with Crippen molar-refractivity contribution in [3.05, 3.63) is 23.8 Å². The highest BCUT2D eigenvalue weighted by molar-refractivity contribution is 5.97. The van der Waals surface area contributed by atoms with Crippen LogP contribution in [0.25, 0.3) is 0 Å². The standard InChI is InChI=1S/C18H25N3O3/c1-3-14-16(22)21-13-7-6-12(10-15(13)24-14)11(2)20-17(23)18(19)8-4-5-9-18/h6-7,10-11,14H,3-5,8-9,19H2,1-2H3,(H,20,23)(H,21,22). The summed E-state index contributed by atoms with van der Waals surface area (Å²) in [5.74, 6) is 0.430. The molecule has 1 fully saturated rings. The summed E-state index contributed by atoms with van der Waals surface area (Å²) in [6, 6.07) is 5.40. The summed E-state index contributed by atoms with van der Waals surface area (Å²) >= 11 is 0. The van der Waals surface area contributed by atoms with E-state index in [2.05, 4.69) is 10.6 Å². The summed E-state index contributed by atoms with van der Waals surface area (Å²) in [5, 5.41) is 5.86. The van der Waals surface area contributed by atoms with Gasteiger partial charge in [0.25, 0.3) is 5.91 Å². The average Bonchev–Trinajstić information content (AvgIpc) is 3.01. The smallest absolute Gasteiger partial charge is 0.265 e. The molecule has 2 amide bonds. The lowest BCUT2D eigenvalue weighted by molar-refractivity contribution is -0.126. The largest absolute Gasteiger partial charge is 0.478 e. The van der Waals surface area contributed by atoms with Gasteiger partial charge in [-0.05, 0) is 43.9 Å². The zero-order valence-electron chi connectivity index (χ0n) is 14.2. The Hall–Kier alpha value is -2.08. The van der Waals surface area contributed by atoms with Crippen LogP contribution in [0.2, 0.25) is 0 Å². The molecule has 1 aromatic rings. The van der Waals surface area contributed by atoms with Crippen LogP contribution in [0.4, 0.5) is 5.69 Å². The summed E-state index contributed by atoms with van der Waals surface area (Å²) in [4.78, 5) is 24.3. The third-order valence-corrected chi connectivity index (χ3v) is 4.99. The maximum atomic E-state index is 12.5. The SMILES string of the molecule is CCC1Oc2cc(C(C)NC(=O)C3(N)CCCC3)ccc2NC1=O. The van der Waals surface area contributed by atoms with Crippen LogP contribution >= 0.6 is 0 Å². The van der Waals surface area contributed by atoms with E-state index in [4.69, 9.17) is 10.5 Å². The first-order chi connectivity index (χ1) is 11.4. The van der Waals surface area contributed by atoms with Crippen molar-refractivity contribution < 1.29 is 14.3 Å². The number of nitrogens with two attached hydrogens (primary N) is 1. The molecule has 1 aromatic carbocycles. The number of ether oxygens (including phenoxy) is 1. The topological polar surface area (TPSA) is 93.4 Å². The Balaban J connectivity index is 1.73. The summed E-state index contributed by atoms with van der Waals surface area (Å²) in [5.41, 5.74) is 7.06. The van der Waals surface area contributed by atoms with E-state index in [1.54, 1.807) is 0 Å². The molecule has 0 spiro atoms. The van der Waals surface area contributed by atoms with Gasteiger partial charge in [0.15, 0.2) is 6.10 Å². The van der Waals surface area contributed by atoms with Crippen molar-refractivity contribution in [1.82, 2.24) is 5.32 Å². The van der Waals surface area contributed by atoms with Gasteiger partial charge in [-0.1, -0.05) is 25.8 Å². The highest BCUT2D eigenvalue weighted by Crippen LogP contribution is 2.33. The van der Waals surface area contributed by atoms with Crippen LogP contribution in [0.1, 0.15) is 57.6 Å². The first kappa shape index (κ1) is 16.8. The fourth-order valence-electron chi connectivity index (χ4n) is 3.35. The number of anilines is 1. The van der Waals surface area contributed by atoms with Gasteiger partial charge in [-0.2, -0.15) is 0 Å². The molecule has 0 aromatic heterocycles. The lowest BCUT2D eigenvalue weighted by atomic mass is 9.97.